The van der Waals surface area contributed by atoms with Gasteiger partial charge in [0, 0.05) is 5.41 Å². The molecular formula is C32H42O4. The standard InChI is InChI=1S/C27H30O3.C3H6O.C2H6/c1-17-13-22(14-18(2)24(17)29-7)27(5,6)23-15-19(3)25(20(4)16-23)30-26(28)21-11-9-8-10-12-21;1-3(2)4;1-2/h8-16H,1-7H3;1-2H3;1-2H3. The molecule has 0 atom stereocenters. The molecule has 36 heavy (non-hydrogen) atoms. The summed E-state index contributed by atoms with van der Waals surface area (Å²) in [6, 6.07) is 17.7. The SMILES string of the molecule is CC.CC(C)=O.COc1c(C)cc(C(C)(C)c2cc(C)c(OC(=O)c3ccccc3)c(C)c2)cc1C. The summed E-state index contributed by atoms with van der Waals surface area (Å²) < 4.78 is 11.3. The monoisotopic (exact) mass is 490 g/mol. The molecule has 0 N–H and O–H groups in total. The molecule has 4 heteroatoms. The van der Waals surface area contributed by atoms with Gasteiger partial charge in [-0.1, -0.05) is 70.2 Å². The van der Waals surface area contributed by atoms with E-state index >= 15 is 0 Å². The van der Waals surface area contributed by atoms with Gasteiger partial charge in [-0.25, -0.2) is 4.79 Å². The van der Waals surface area contributed by atoms with E-state index in [1.807, 2.05) is 45.9 Å². The second-order valence-electron chi connectivity index (χ2n) is 9.37. The third-order valence-corrected chi connectivity index (χ3v) is 5.77. The first-order chi connectivity index (χ1) is 16.9. The lowest BCUT2D eigenvalue weighted by atomic mass is 9.76. The third kappa shape index (κ3) is 7.81. The van der Waals surface area contributed by atoms with E-state index in [0.717, 1.165) is 28.0 Å². The lowest BCUT2D eigenvalue weighted by molar-refractivity contribution is -0.115. The van der Waals surface area contributed by atoms with Gasteiger partial charge in [-0.2, -0.15) is 0 Å². The first-order valence-electron chi connectivity index (χ1n) is 12.4. The Hall–Kier alpha value is -3.40. The Kier molecular flexibility index (Phi) is 11.6. The number of aryl methyl sites for hydroxylation is 4. The predicted molar refractivity (Wildman–Crippen MR) is 150 cm³/mol. The topological polar surface area (TPSA) is 52.6 Å². The fourth-order valence-corrected chi connectivity index (χ4v) is 4.00. The molecule has 0 spiro atoms. The van der Waals surface area contributed by atoms with Crippen molar-refractivity contribution in [3.63, 3.8) is 0 Å². The van der Waals surface area contributed by atoms with Crippen LogP contribution in [0.2, 0.25) is 0 Å². The minimum Gasteiger partial charge on any atom is -0.496 e. The molecule has 0 saturated carbocycles. The Labute approximate surface area is 217 Å². The first-order valence-corrected chi connectivity index (χ1v) is 12.4. The fourth-order valence-electron chi connectivity index (χ4n) is 4.00. The van der Waals surface area contributed by atoms with E-state index in [1.54, 1.807) is 19.2 Å². The van der Waals surface area contributed by atoms with Gasteiger partial charge in [0.05, 0.1) is 12.7 Å². The van der Waals surface area contributed by atoms with Gasteiger partial charge in [0.25, 0.3) is 0 Å². The highest BCUT2D eigenvalue weighted by atomic mass is 16.5. The highest BCUT2D eigenvalue weighted by Crippen LogP contribution is 2.38. The van der Waals surface area contributed by atoms with Crippen LogP contribution in [0.3, 0.4) is 0 Å². The van der Waals surface area contributed by atoms with Crippen molar-refractivity contribution in [3.05, 3.63) is 93.5 Å². The molecular weight excluding hydrogens is 448 g/mol. The van der Waals surface area contributed by atoms with Gasteiger partial charge in [0.2, 0.25) is 0 Å². The van der Waals surface area contributed by atoms with Gasteiger partial charge in [-0.15, -0.1) is 0 Å². The second-order valence-corrected chi connectivity index (χ2v) is 9.37. The Morgan fingerprint density at radius 2 is 1.06 bits per heavy atom. The van der Waals surface area contributed by atoms with Crippen LogP contribution < -0.4 is 9.47 Å². The van der Waals surface area contributed by atoms with E-state index < -0.39 is 0 Å². The van der Waals surface area contributed by atoms with Crippen LogP contribution in [0.5, 0.6) is 11.5 Å². The summed E-state index contributed by atoms with van der Waals surface area (Å²) in [5, 5.41) is 0. The van der Waals surface area contributed by atoms with Crippen LogP contribution in [0.4, 0.5) is 0 Å². The second kappa shape index (κ2) is 13.6. The van der Waals surface area contributed by atoms with Crippen LogP contribution in [0.1, 0.15) is 85.3 Å². The van der Waals surface area contributed by atoms with Gasteiger partial charge < -0.3 is 14.3 Å². The highest BCUT2D eigenvalue weighted by Gasteiger charge is 2.26. The maximum Gasteiger partial charge on any atom is 0.343 e. The van der Waals surface area contributed by atoms with Crippen LogP contribution in [0, 0.1) is 27.7 Å². The van der Waals surface area contributed by atoms with Gasteiger partial charge in [-0.3, -0.25) is 0 Å². The number of hydrogen-bond acceptors (Lipinski definition) is 4. The summed E-state index contributed by atoms with van der Waals surface area (Å²) in [6.45, 7) is 19.6. The molecule has 0 aromatic heterocycles. The normalized spacial score (nSPS) is 10.3. The van der Waals surface area contributed by atoms with Crippen molar-refractivity contribution >= 4 is 11.8 Å². The zero-order valence-electron chi connectivity index (χ0n) is 23.8. The summed E-state index contributed by atoms with van der Waals surface area (Å²) in [7, 11) is 1.71. The van der Waals surface area contributed by atoms with Crippen molar-refractivity contribution in [1.29, 1.82) is 0 Å². The first kappa shape index (κ1) is 30.6. The summed E-state index contributed by atoms with van der Waals surface area (Å²) in [6.07, 6.45) is 0. The summed E-state index contributed by atoms with van der Waals surface area (Å²) in [4.78, 5) is 22.0. The lowest BCUT2D eigenvalue weighted by Gasteiger charge is -2.29. The smallest absolute Gasteiger partial charge is 0.343 e. The number of carbonyl (C=O) groups is 2. The predicted octanol–water partition coefficient (Wildman–Crippen LogP) is 8.10. The molecule has 0 aliphatic rings. The Morgan fingerprint density at radius 3 is 1.42 bits per heavy atom. The minimum absolute atomic E-state index is 0.167. The summed E-state index contributed by atoms with van der Waals surface area (Å²) in [5.41, 5.74) is 6.90. The van der Waals surface area contributed by atoms with Crippen molar-refractivity contribution in [2.45, 2.75) is 74.7 Å². The number of esters is 1. The van der Waals surface area contributed by atoms with E-state index in [-0.39, 0.29) is 17.2 Å². The number of Topliss-reactive ketones (excluding diaryl/α,β-unsaturated/α-hetero) is 1. The third-order valence-electron chi connectivity index (χ3n) is 5.77. The number of ketones is 1. The quantitative estimate of drug-likeness (QED) is 0.268. The Balaban J connectivity index is 0.000000982. The van der Waals surface area contributed by atoms with E-state index in [4.69, 9.17) is 9.47 Å². The molecule has 0 saturated heterocycles. The van der Waals surface area contributed by atoms with Crippen molar-refractivity contribution < 1.29 is 19.1 Å². The molecule has 3 aromatic carbocycles. The van der Waals surface area contributed by atoms with Crippen molar-refractivity contribution in [2.75, 3.05) is 7.11 Å². The van der Waals surface area contributed by atoms with Crippen LogP contribution in [0.25, 0.3) is 0 Å². The van der Waals surface area contributed by atoms with Gasteiger partial charge in [0.15, 0.2) is 0 Å². The molecule has 0 aliphatic carbocycles. The number of carbonyl (C=O) groups excluding carboxylic acids is 2. The number of methoxy groups -OCH3 is 1. The van der Waals surface area contributed by atoms with Crippen LogP contribution in [-0.2, 0) is 10.2 Å². The van der Waals surface area contributed by atoms with Crippen LogP contribution >= 0.6 is 0 Å². The highest BCUT2D eigenvalue weighted by molar-refractivity contribution is 5.91. The molecule has 3 aromatic rings. The van der Waals surface area contributed by atoms with E-state index in [2.05, 4.69) is 52.0 Å². The number of ether oxygens (including phenoxy) is 2. The molecule has 4 nitrogen and oxygen atoms in total. The van der Waals surface area contributed by atoms with Gasteiger partial charge in [0.1, 0.15) is 17.3 Å². The number of rotatable bonds is 5. The average molecular weight is 491 g/mol. The zero-order chi connectivity index (χ0) is 27.6. The van der Waals surface area contributed by atoms with E-state index in [1.165, 1.54) is 25.0 Å². The van der Waals surface area contributed by atoms with Gasteiger partial charge in [-0.05, 0) is 87.1 Å². The molecule has 0 fully saturated rings. The van der Waals surface area contributed by atoms with E-state index in [9.17, 15) is 9.59 Å². The molecule has 3 rings (SSSR count). The molecule has 0 unspecified atom stereocenters. The average Bonchev–Trinajstić information content (AvgIpc) is 2.82. The summed E-state index contributed by atoms with van der Waals surface area (Å²) >= 11 is 0. The largest absolute Gasteiger partial charge is 0.496 e. The van der Waals surface area contributed by atoms with Crippen molar-refractivity contribution in [3.8, 4) is 11.5 Å². The van der Waals surface area contributed by atoms with Crippen LogP contribution in [-0.4, -0.2) is 18.9 Å². The Bertz CT molecular complexity index is 1120. The molecule has 0 aliphatic heterocycles. The Morgan fingerprint density at radius 1 is 0.694 bits per heavy atom. The van der Waals surface area contributed by atoms with Crippen molar-refractivity contribution in [2.24, 2.45) is 0 Å². The molecule has 0 heterocycles. The molecule has 194 valence electrons. The van der Waals surface area contributed by atoms with Crippen molar-refractivity contribution in [1.82, 2.24) is 0 Å². The molecule has 0 radical (unpaired) electrons. The fraction of sp³-hybridized carbons (Fsp3) is 0.375. The number of hydrogen-bond donors (Lipinski definition) is 0. The minimum atomic E-state index is -0.338. The van der Waals surface area contributed by atoms with Crippen LogP contribution in [0.15, 0.2) is 54.6 Å². The molecule has 0 amide bonds. The molecule has 0 bridgehead atoms. The maximum absolute atomic E-state index is 12.5. The number of benzene rings is 3. The lowest BCUT2D eigenvalue weighted by Crippen LogP contribution is -2.20. The van der Waals surface area contributed by atoms with Gasteiger partial charge >= 0.3 is 5.97 Å². The maximum atomic E-state index is 12.5. The summed E-state index contributed by atoms with van der Waals surface area (Å²) in [5.74, 6) is 1.39. The zero-order valence-corrected chi connectivity index (χ0v) is 23.8. The van der Waals surface area contributed by atoms with E-state index in [0.29, 0.717) is 11.3 Å².